The van der Waals surface area contributed by atoms with E-state index in [1.807, 2.05) is 61.5 Å². The molecule has 3 aromatic carbocycles. The van der Waals surface area contributed by atoms with Crippen molar-refractivity contribution in [2.45, 2.75) is 19.1 Å². The summed E-state index contributed by atoms with van der Waals surface area (Å²) in [5.74, 6) is -2.40. The van der Waals surface area contributed by atoms with Gasteiger partial charge in [0, 0.05) is 0 Å². The highest BCUT2D eigenvalue weighted by molar-refractivity contribution is 6.24. The van der Waals surface area contributed by atoms with E-state index in [0.717, 1.165) is 21.7 Å². The summed E-state index contributed by atoms with van der Waals surface area (Å²) in [4.78, 5) is 33.6. The first kappa shape index (κ1) is 18.5. The van der Waals surface area contributed by atoms with Gasteiger partial charge >= 0.3 is 0 Å². The van der Waals surface area contributed by atoms with Crippen LogP contribution < -0.4 is 9.96 Å². The van der Waals surface area contributed by atoms with Crippen molar-refractivity contribution < 1.29 is 18.8 Å². The molecule has 5 rings (SSSR count). The molecule has 2 aliphatic heterocycles. The van der Waals surface area contributed by atoms with E-state index in [1.165, 1.54) is 18.2 Å². The summed E-state index contributed by atoms with van der Waals surface area (Å²) in [6.45, 7) is 1.96. The van der Waals surface area contributed by atoms with Crippen molar-refractivity contribution in [2.24, 2.45) is 5.92 Å². The van der Waals surface area contributed by atoms with Crippen molar-refractivity contribution in [3.8, 4) is 0 Å². The molecule has 0 aromatic heterocycles. The van der Waals surface area contributed by atoms with Gasteiger partial charge in [0.25, 0.3) is 5.91 Å². The Kier molecular flexibility index (Phi) is 4.37. The molecule has 5 nitrogen and oxygen atoms in total. The number of nitrogens with zero attached hydrogens (tertiary/aromatic N) is 2. The third-order valence-electron chi connectivity index (χ3n) is 5.73. The molecule has 150 valence electrons. The van der Waals surface area contributed by atoms with Crippen LogP contribution in [0.15, 0.2) is 78.9 Å². The zero-order chi connectivity index (χ0) is 20.8. The van der Waals surface area contributed by atoms with E-state index in [1.54, 1.807) is 11.1 Å². The van der Waals surface area contributed by atoms with Crippen molar-refractivity contribution in [3.05, 3.63) is 95.8 Å². The van der Waals surface area contributed by atoms with E-state index in [9.17, 15) is 14.0 Å². The van der Waals surface area contributed by atoms with E-state index in [4.69, 9.17) is 4.84 Å². The van der Waals surface area contributed by atoms with Crippen LogP contribution in [0, 0.1) is 18.7 Å². The van der Waals surface area contributed by atoms with Gasteiger partial charge in [-0.25, -0.2) is 14.4 Å². The summed E-state index contributed by atoms with van der Waals surface area (Å²) in [5, 5.41) is 1.64. The van der Waals surface area contributed by atoms with Gasteiger partial charge in [0.05, 0.1) is 17.4 Å². The zero-order valence-electron chi connectivity index (χ0n) is 16.2. The lowest BCUT2D eigenvalue weighted by molar-refractivity contribution is -0.126. The van der Waals surface area contributed by atoms with Crippen molar-refractivity contribution >= 4 is 23.2 Å². The number of hydroxylamine groups is 1. The lowest BCUT2D eigenvalue weighted by Crippen LogP contribution is -2.38. The molecular formula is C24H19FN2O3. The Hall–Kier alpha value is -3.51. The number of anilines is 2. The minimum atomic E-state index is -1.01. The maximum Gasteiger partial charge on any atom is 0.266 e. The number of carbonyl (C=O) groups excluding carboxylic acids is 2. The van der Waals surface area contributed by atoms with Crippen molar-refractivity contribution in [2.75, 3.05) is 9.96 Å². The van der Waals surface area contributed by atoms with Gasteiger partial charge < -0.3 is 0 Å². The first-order chi connectivity index (χ1) is 14.6. The molecule has 0 saturated carbocycles. The molecule has 6 heteroatoms. The van der Waals surface area contributed by atoms with E-state index >= 15 is 0 Å². The summed E-state index contributed by atoms with van der Waals surface area (Å²) in [6, 6.07) is 22.4. The van der Waals surface area contributed by atoms with E-state index in [2.05, 4.69) is 0 Å². The van der Waals surface area contributed by atoms with Gasteiger partial charge in [-0.15, -0.1) is 0 Å². The molecule has 0 unspecified atom stereocenters. The second-order valence-corrected chi connectivity index (χ2v) is 7.48. The lowest BCUT2D eigenvalue weighted by atomic mass is 9.88. The van der Waals surface area contributed by atoms with Crippen LogP contribution in [0.4, 0.5) is 15.8 Å². The fourth-order valence-electron chi connectivity index (χ4n) is 4.32. The van der Waals surface area contributed by atoms with Gasteiger partial charge in [0.15, 0.2) is 6.10 Å². The van der Waals surface area contributed by atoms with Gasteiger partial charge in [0.1, 0.15) is 11.7 Å². The third-order valence-corrected chi connectivity index (χ3v) is 5.73. The van der Waals surface area contributed by atoms with Crippen molar-refractivity contribution in [1.29, 1.82) is 0 Å². The Morgan fingerprint density at radius 3 is 2.23 bits per heavy atom. The molecule has 0 bridgehead atoms. The molecule has 3 atom stereocenters. The highest BCUT2D eigenvalue weighted by Crippen LogP contribution is 2.48. The molecule has 0 N–H and O–H groups in total. The van der Waals surface area contributed by atoms with Crippen LogP contribution in [0.1, 0.15) is 17.2 Å². The zero-order valence-corrected chi connectivity index (χ0v) is 16.2. The van der Waals surface area contributed by atoms with Crippen molar-refractivity contribution in [1.82, 2.24) is 0 Å². The number of amides is 2. The molecule has 2 heterocycles. The predicted octanol–water partition coefficient (Wildman–Crippen LogP) is 4.19. The lowest BCUT2D eigenvalue weighted by Gasteiger charge is -2.29. The number of para-hydroxylation sites is 2. The largest absolute Gasteiger partial charge is 0.273 e. The minimum Gasteiger partial charge on any atom is -0.273 e. The van der Waals surface area contributed by atoms with Crippen LogP contribution in [0.25, 0.3) is 0 Å². The quantitative estimate of drug-likeness (QED) is 0.617. The summed E-state index contributed by atoms with van der Waals surface area (Å²) < 4.78 is 14.4. The Balaban J connectivity index is 1.62. The fraction of sp³-hybridized carbons (Fsp3) is 0.167. The molecule has 2 amide bonds. The summed E-state index contributed by atoms with van der Waals surface area (Å²) in [5.41, 5.74) is 2.58. The fourth-order valence-corrected chi connectivity index (χ4v) is 4.32. The van der Waals surface area contributed by atoms with Crippen LogP contribution in [0.3, 0.4) is 0 Å². The predicted molar refractivity (Wildman–Crippen MR) is 110 cm³/mol. The molecule has 2 aliphatic rings. The second-order valence-electron chi connectivity index (χ2n) is 7.48. The Bertz CT molecular complexity index is 1130. The highest BCUT2D eigenvalue weighted by Gasteiger charge is 2.60. The molecule has 2 fully saturated rings. The number of hydrogen-bond donors (Lipinski definition) is 0. The molecule has 2 saturated heterocycles. The smallest absolute Gasteiger partial charge is 0.266 e. The minimum absolute atomic E-state index is 0.0414. The van der Waals surface area contributed by atoms with Crippen molar-refractivity contribution in [3.63, 3.8) is 0 Å². The van der Waals surface area contributed by atoms with Crippen LogP contribution in [-0.4, -0.2) is 17.9 Å². The average Bonchev–Trinajstić information content (AvgIpc) is 3.26. The number of hydrogen-bond acceptors (Lipinski definition) is 4. The van der Waals surface area contributed by atoms with E-state index in [0.29, 0.717) is 0 Å². The normalized spacial score (nSPS) is 23.2. The number of fused-ring (bicyclic) bond motifs is 1. The summed E-state index contributed by atoms with van der Waals surface area (Å²) in [7, 11) is 0. The maximum atomic E-state index is 14.4. The molecule has 3 aromatic rings. The SMILES string of the molecule is Cc1ccccc1[C@@H]1[C@@H]2C(=O)N(c3ccccc3F)C(=O)[C@H]2ON1c1ccccc1. The van der Waals surface area contributed by atoms with Gasteiger partial charge in [0.2, 0.25) is 5.91 Å². The standard InChI is InChI=1S/C24H19FN2O3/c1-15-9-5-6-12-17(15)21-20-22(30-27(21)16-10-3-2-4-11-16)24(29)26(23(20)28)19-14-8-7-13-18(19)25/h2-14,20-22H,1H3/t20-,21+,22-/m0/s1. The van der Waals surface area contributed by atoms with Gasteiger partial charge in [-0.2, -0.15) is 0 Å². The number of rotatable bonds is 3. The Morgan fingerprint density at radius 1 is 0.833 bits per heavy atom. The number of halogens is 1. The second kappa shape index (κ2) is 7.07. The third kappa shape index (κ3) is 2.72. The molecule has 0 aliphatic carbocycles. The van der Waals surface area contributed by atoms with Crippen LogP contribution >= 0.6 is 0 Å². The number of carbonyl (C=O) groups is 2. The Labute approximate surface area is 173 Å². The average molecular weight is 402 g/mol. The van der Waals surface area contributed by atoms with Crippen LogP contribution in [0.2, 0.25) is 0 Å². The molecule has 30 heavy (non-hydrogen) atoms. The van der Waals surface area contributed by atoms with Gasteiger partial charge in [-0.3, -0.25) is 14.4 Å². The highest BCUT2D eigenvalue weighted by atomic mass is 19.1. The molecular weight excluding hydrogens is 383 g/mol. The summed E-state index contributed by atoms with van der Waals surface area (Å²) >= 11 is 0. The molecule has 0 spiro atoms. The maximum absolute atomic E-state index is 14.4. The van der Waals surface area contributed by atoms with E-state index in [-0.39, 0.29) is 5.69 Å². The topological polar surface area (TPSA) is 49.9 Å². The first-order valence-electron chi connectivity index (χ1n) is 9.77. The van der Waals surface area contributed by atoms with Gasteiger partial charge in [-0.05, 0) is 42.3 Å². The summed E-state index contributed by atoms with van der Waals surface area (Å²) in [6.07, 6.45) is -1.01. The number of aryl methyl sites for hydroxylation is 1. The molecule has 0 radical (unpaired) electrons. The number of benzene rings is 3. The van der Waals surface area contributed by atoms with E-state index < -0.39 is 35.7 Å². The Morgan fingerprint density at radius 2 is 1.50 bits per heavy atom. The van der Waals surface area contributed by atoms with Crippen LogP contribution in [0.5, 0.6) is 0 Å². The monoisotopic (exact) mass is 402 g/mol. The van der Waals surface area contributed by atoms with Crippen LogP contribution in [-0.2, 0) is 14.4 Å². The van der Waals surface area contributed by atoms with Gasteiger partial charge in [-0.1, -0.05) is 54.6 Å². The number of imide groups is 1. The first-order valence-corrected chi connectivity index (χ1v) is 9.77.